The van der Waals surface area contributed by atoms with Crippen LogP contribution in [0.25, 0.3) is 0 Å². The van der Waals surface area contributed by atoms with Gasteiger partial charge in [-0.3, -0.25) is 4.79 Å². The van der Waals surface area contributed by atoms with Gasteiger partial charge in [0.25, 0.3) is 0 Å². The first-order chi connectivity index (χ1) is 9.13. The summed E-state index contributed by atoms with van der Waals surface area (Å²) in [5.41, 5.74) is 7.18. The summed E-state index contributed by atoms with van der Waals surface area (Å²) in [4.78, 5) is 14.3. The maximum absolute atomic E-state index is 12.4. The van der Waals surface area contributed by atoms with E-state index in [0.717, 1.165) is 36.7 Å². The number of carbonyl (C=O) groups excluding carboxylic acids is 1. The zero-order chi connectivity index (χ0) is 13.8. The van der Waals surface area contributed by atoms with Crippen molar-refractivity contribution in [1.82, 2.24) is 4.90 Å². The topological polar surface area (TPSA) is 46.3 Å². The molecule has 2 rings (SSSR count). The lowest BCUT2D eigenvalue weighted by Gasteiger charge is -2.27. The van der Waals surface area contributed by atoms with Crippen LogP contribution in [-0.2, 0) is 4.79 Å². The van der Waals surface area contributed by atoms with Gasteiger partial charge in [-0.15, -0.1) is 0 Å². The van der Waals surface area contributed by atoms with Crippen molar-refractivity contribution in [2.45, 2.75) is 44.7 Å². The Kier molecular flexibility index (Phi) is 4.99. The van der Waals surface area contributed by atoms with E-state index in [9.17, 15) is 4.79 Å². The first-order valence-electron chi connectivity index (χ1n) is 6.95. The van der Waals surface area contributed by atoms with E-state index in [-0.39, 0.29) is 18.0 Å². The van der Waals surface area contributed by atoms with Crippen molar-refractivity contribution in [3.05, 3.63) is 34.3 Å². The van der Waals surface area contributed by atoms with Crippen LogP contribution in [0.3, 0.4) is 0 Å². The molecule has 1 amide bonds. The van der Waals surface area contributed by atoms with Crippen LogP contribution >= 0.6 is 15.9 Å². The highest BCUT2D eigenvalue weighted by molar-refractivity contribution is 9.10. The average molecular weight is 325 g/mol. The fourth-order valence-corrected chi connectivity index (χ4v) is 2.97. The molecule has 2 unspecified atom stereocenters. The first-order valence-corrected chi connectivity index (χ1v) is 7.74. The van der Waals surface area contributed by atoms with Crippen LogP contribution in [-0.4, -0.2) is 23.4 Å². The van der Waals surface area contributed by atoms with E-state index in [1.165, 1.54) is 5.56 Å². The molecule has 1 saturated heterocycles. The number of nitrogens with two attached hydrogens (primary N) is 1. The van der Waals surface area contributed by atoms with Crippen molar-refractivity contribution in [2.75, 3.05) is 6.54 Å². The van der Waals surface area contributed by atoms with Gasteiger partial charge in [-0.05, 0) is 37.0 Å². The average Bonchev–Trinajstić information content (AvgIpc) is 2.88. The van der Waals surface area contributed by atoms with Crippen LogP contribution in [0.5, 0.6) is 0 Å². The number of carbonyl (C=O) groups is 1. The van der Waals surface area contributed by atoms with Crippen molar-refractivity contribution in [3.63, 3.8) is 0 Å². The Balaban J connectivity index is 2.12. The van der Waals surface area contributed by atoms with Crippen LogP contribution in [0, 0.1) is 0 Å². The lowest BCUT2D eigenvalue weighted by atomic mass is 10.0. The first kappa shape index (κ1) is 14.5. The number of nitrogens with zero attached hydrogens (tertiary/aromatic N) is 1. The van der Waals surface area contributed by atoms with Crippen molar-refractivity contribution in [2.24, 2.45) is 5.73 Å². The second-order valence-corrected chi connectivity index (χ2v) is 6.05. The number of hydrogen-bond acceptors (Lipinski definition) is 2. The van der Waals surface area contributed by atoms with Gasteiger partial charge in [-0.1, -0.05) is 41.4 Å². The Bertz CT molecular complexity index is 432. The molecule has 2 N–H and O–H groups in total. The summed E-state index contributed by atoms with van der Waals surface area (Å²) in [7, 11) is 0. The van der Waals surface area contributed by atoms with E-state index in [0.29, 0.717) is 0 Å². The van der Waals surface area contributed by atoms with Crippen LogP contribution in [0.4, 0.5) is 0 Å². The number of halogens is 1. The van der Waals surface area contributed by atoms with Crippen molar-refractivity contribution < 1.29 is 4.79 Å². The van der Waals surface area contributed by atoms with Crippen molar-refractivity contribution >= 4 is 21.8 Å². The molecule has 104 valence electrons. The van der Waals surface area contributed by atoms with Gasteiger partial charge in [0.1, 0.15) is 0 Å². The molecule has 1 heterocycles. The molecule has 1 aliphatic heterocycles. The Labute approximate surface area is 123 Å². The smallest absolute Gasteiger partial charge is 0.239 e. The van der Waals surface area contributed by atoms with Gasteiger partial charge in [0.15, 0.2) is 0 Å². The van der Waals surface area contributed by atoms with Gasteiger partial charge in [-0.25, -0.2) is 0 Å². The van der Waals surface area contributed by atoms with E-state index in [1.54, 1.807) is 0 Å². The predicted octanol–water partition coefficient (Wildman–Crippen LogP) is 3.24. The third kappa shape index (κ3) is 3.37. The minimum Gasteiger partial charge on any atom is -0.334 e. The third-order valence-corrected chi connectivity index (χ3v) is 4.24. The maximum Gasteiger partial charge on any atom is 0.239 e. The number of amides is 1. The van der Waals surface area contributed by atoms with Crippen LogP contribution in [0.2, 0.25) is 0 Å². The van der Waals surface area contributed by atoms with Gasteiger partial charge < -0.3 is 10.6 Å². The molecule has 1 aliphatic rings. The Morgan fingerprint density at radius 2 is 2.16 bits per heavy atom. The summed E-state index contributed by atoms with van der Waals surface area (Å²) >= 11 is 3.44. The highest BCUT2D eigenvalue weighted by atomic mass is 79.9. The van der Waals surface area contributed by atoms with Crippen LogP contribution < -0.4 is 5.73 Å². The highest BCUT2D eigenvalue weighted by Gasteiger charge is 2.32. The van der Waals surface area contributed by atoms with Gasteiger partial charge in [-0.2, -0.15) is 0 Å². The van der Waals surface area contributed by atoms with Crippen molar-refractivity contribution in [3.8, 4) is 0 Å². The molecule has 0 aliphatic carbocycles. The molecule has 0 aromatic heterocycles. The summed E-state index contributed by atoms with van der Waals surface area (Å²) < 4.78 is 1.06. The number of likely N-dealkylation sites (tertiary alicyclic amines) is 1. The monoisotopic (exact) mass is 324 g/mol. The molecule has 1 aromatic carbocycles. The fourth-order valence-electron chi connectivity index (χ4n) is 2.71. The van der Waals surface area contributed by atoms with Gasteiger partial charge in [0.2, 0.25) is 5.91 Å². The van der Waals surface area contributed by atoms with E-state index in [1.807, 2.05) is 17.0 Å². The minimum absolute atomic E-state index is 0.104. The summed E-state index contributed by atoms with van der Waals surface area (Å²) in [6.07, 6.45) is 3.81. The Morgan fingerprint density at radius 1 is 1.47 bits per heavy atom. The molecule has 2 atom stereocenters. The minimum atomic E-state index is -0.346. The lowest BCUT2D eigenvalue weighted by Crippen LogP contribution is -2.43. The quantitative estimate of drug-likeness (QED) is 0.924. The second-order valence-electron chi connectivity index (χ2n) is 5.14. The molecule has 19 heavy (non-hydrogen) atoms. The molecule has 1 fully saturated rings. The van der Waals surface area contributed by atoms with Gasteiger partial charge in [0, 0.05) is 11.0 Å². The molecular formula is C15H21BrN2O. The highest BCUT2D eigenvalue weighted by Crippen LogP contribution is 2.33. The molecule has 3 nitrogen and oxygen atoms in total. The van der Waals surface area contributed by atoms with E-state index >= 15 is 0 Å². The maximum atomic E-state index is 12.4. The van der Waals surface area contributed by atoms with Crippen LogP contribution in [0.15, 0.2) is 28.7 Å². The molecule has 0 bridgehead atoms. The van der Waals surface area contributed by atoms with E-state index < -0.39 is 0 Å². The zero-order valence-electron chi connectivity index (χ0n) is 11.3. The Hall–Kier alpha value is -0.870. The summed E-state index contributed by atoms with van der Waals surface area (Å²) in [6.45, 7) is 2.89. The summed E-state index contributed by atoms with van der Waals surface area (Å²) in [5.74, 6) is 0.104. The summed E-state index contributed by atoms with van der Waals surface area (Å²) in [6, 6.07) is 8.09. The molecule has 0 radical (unpaired) electrons. The van der Waals surface area contributed by atoms with E-state index in [4.69, 9.17) is 5.73 Å². The second kappa shape index (κ2) is 6.53. The molecular weight excluding hydrogens is 304 g/mol. The number of rotatable bonds is 4. The SMILES string of the molecule is CCCC(N)C(=O)N1CCCC1c1ccc(Br)cc1. The number of hydrogen-bond donors (Lipinski definition) is 1. The predicted molar refractivity (Wildman–Crippen MR) is 80.7 cm³/mol. The summed E-state index contributed by atoms with van der Waals surface area (Å²) in [5, 5.41) is 0. The largest absolute Gasteiger partial charge is 0.334 e. The van der Waals surface area contributed by atoms with Crippen molar-refractivity contribution in [1.29, 1.82) is 0 Å². The lowest BCUT2D eigenvalue weighted by molar-refractivity contribution is -0.133. The molecule has 4 heteroatoms. The third-order valence-electron chi connectivity index (χ3n) is 3.71. The van der Waals surface area contributed by atoms with Crippen LogP contribution in [0.1, 0.15) is 44.2 Å². The zero-order valence-corrected chi connectivity index (χ0v) is 12.9. The standard InChI is InChI=1S/C15H21BrN2O/c1-2-4-13(17)15(19)18-10-3-5-14(18)11-6-8-12(16)9-7-11/h6-9,13-14H,2-5,10,17H2,1H3. The van der Waals surface area contributed by atoms with Gasteiger partial charge in [0.05, 0.1) is 12.1 Å². The van der Waals surface area contributed by atoms with Gasteiger partial charge >= 0.3 is 0 Å². The molecule has 1 aromatic rings. The molecule has 0 saturated carbocycles. The number of benzene rings is 1. The van der Waals surface area contributed by atoms with E-state index in [2.05, 4.69) is 35.0 Å². The normalized spacial score (nSPS) is 20.6. The Morgan fingerprint density at radius 3 is 2.79 bits per heavy atom. The fraction of sp³-hybridized carbons (Fsp3) is 0.533. The molecule has 0 spiro atoms.